The maximum atomic E-state index is 3.04. The summed E-state index contributed by atoms with van der Waals surface area (Å²) in [7, 11) is 0. The van der Waals surface area contributed by atoms with Crippen LogP contribution in [0.25, 0.3) is 0 Å². The van der Waals surface area contributed by atoms with E-state index in [2.05, 4.69) is 24.3 Å². The van der Waals surface area contributed by atoms with Gasteiger partial charge < -0.3 is 0 Å². The Balaban J connectivity index is 2.55. The Bertz CT molecular complexity index is 211. The molecule has 0 spiro atoms. The average molecular weight is 157 g/mol. The van der Waals surface area contributed by atoms with Crippen LogP contribution in [0, 0.1) is 6.08 Å². The van der Waals surface area contributed by atoms with Gasteiger partial charge in [-0.25, -0.2) is 0 Å². The van der Waals surface area contributed by atoms with Crippen LogP contribution in [-0.2, 0) is 0 Å². The molecule has 12 heavy (non-hydrogen) atoms. The van der Waals surface area contributed by atoms with Gasteiger partial charge in [-0.1, -0.05) is 54.7 Å². The van der Waals surface area contributed by atoms with Crippen molar-refractivity contribution in [2.24, 2.45) is 0 Å². The van der Waals surface area contributed by atoms with E-state index < -0.39 is 0 Å². The molecule has 0 aromatic rings. The highest BCUT2D eigenvalue weighted by molar-refractivity contribution is 5.15. The van der Waals surface area contributed by atoms with Crippen LogP contribution in [0.1, 0.15) is 12.8 Å². The fourth-order valence-corrected chi connectivity index (χ4v) is 0.882. The van der Waals surface area contributed by atoms with E-state index in [0.717, 1.165) is 12.8 Å². The monoisotopic (exact) mass is 157 g/mol. The molecule has 0 nitrogen and oxygen atoms in total. The number of allylic oxidation sites excluding steroid dienone is 10. The topological polar surface area (TPSA) is 0 Å². The van der Waals surface area contributed by atoms with E-state index in [1.165, 1.54) is 0 Å². The van der Waals surface area contributed by atoms with Gasteiger partial charge in [0, 0.05) is 0 Å². The Morgan fingerprint density at radius 3 is 2.42 bits per heavy atom. The van der Waals surface area contributed by atoms with E-state index in [9.17, 15) is 0 Å². The standard InChI is InChI=1S/C12H13/c1-2-4-6-8-10-12-11-9-7-5-3-1/h1-6,10-12H,7,9H2. The Morgan fingerprint density at radius 2 is 1.50 bits per heavy atom. The normalized spacial score (nSPS) is 17.3. The quantitative estimate of drug-likeness (QED) is 0.505. The van der Waals surface area contributed by atoms with Crippen LogP contribution >= 0.6 is 0 Å². The third kappa shape index (κ3) is 4.51. The van der Waals surface area contributed by atoms with Crippen LogP contribution < -0.4 is 0 Å². The lowest BCUT2D eigenvalue weighted by molar-refractivity contribution is 1.05. The molecule has 0 unspecified atom stereocenters. The maximum Gasteiger partial charge on any atom is -0.0184 e. The van der Waals surface area contributed by atoms with Crippen LogP contribution in [0.15, 0.2) is 54.7 Å². The average Bonchev–Trinajstić information content (AvgIpc) is 2.05. The molecule has 0 aromatic carbocycles. The second-order valence-corrected chi connectivity index (χ2v) is 2.51. The minimum Gasteiger partial charge on any atom is -0.0842 e. The first-order valence-corrected chi connectivity index (χ1v) is 4.23. The van der Waals surface area contributed by atoms with Crippen LogP contribution in [0.3, 0.4) is 0 Å². The minimum atomic E-state index is 1.10. The van der Waals surface area contributed by atoms with Gasteiger partial charge in [-0.05, 0) is 18.9 Å². The summed E-state index contributed by atoms with van der Waals surface area (Å²) in [6, 6.07) is 0. The summed E-state index contributed by atoms with van der Waals surface area (Å²) in [4.78, 5) is 0. The Morgan fingerprint density at radius 1 is 0.750 bits per heavy atom. The van der Waals surface area contributed by atoms with Gasteiger partial charge in [-0.3, -0.25) is 0 Å². The van der Waals surface area contributed by atoms with Crippen LogP contribution in [-0.4, -0.2) is 0 Å². The second kappa shape index (κ2) is 6.41. The molecule has 0 aliphatic heterocycles. The van der Waals surface area contributed by atoms with Crippen LogP contribution in [0.4, 0.5) is 0 Å². The van der Waals surface area contributed by atoms with Crippen molar-refractivity contribution in [2.75, 3.05) is 0 Å². The first kappa shape index (κ1) is 8.79. The zero-order valence-electron chi connectivity index (χ0n) is 7.11. The van der Waals surface area contributed by atoms with Crippen LogP contribution in [0.2, 0.25) is 0 Å². The first-order chi connectivity index (χ1) is 6.00. The van der Waals surface area contributed by atoms with Crippen molar-refractivity contribution >= 4 is 0 Å². The molecule has 61 valence electrons. The highest BCUT2D eigenvalue weighted by atomic mass is 13.8. The molecule has 1 aliphatic rings. The summed E-state index contributed by atoms with van der Waals surface area (Å²) in [6.07, 6.45) is 23.5. The Hall–Kier alpha value is -1.30. The summed E-state index contributed by atoms with van der Waals surface area (Å²) in [5, 5.41) is 0. The smallest absolute Gasteiger partial charge is 0.0184 e. The zero-order chi connectivity index (χ0) is 8.49. The third-order valence-corrected chi connectivity index (χ3v) is 1.49. The fourth-order valence-electron chi connectivity index (χ4n) is 0.882. The summed E-state index contributed by atoms with van der Waals surface area (Å²) in [5.74, 6) is 0. The summed E-state index contributed by atoms with van der Waals surface area (Å²) in [6.45, 7) is 0. The van der Waals surface area contributed by atoms with E-state index in [1.807, 2.05) is 36.5 Å². The van der Waals surface area contributed by atoms with Gasteiger partial charge >= 0.3 is 0 Å². The van der Waals surface area contributed by atoms with Gasteiger partial charge in [0.1, 0.15) is 0 Å². The molecule has 0 saturated heterocycles. The molecule has 0 bridgehead atoms. The molecule has 0 amide bonds. The lowest BCUT2D eigenvalue weighted by atomic mass is 10.2. The van der Waals surface area contributed by atoms with E-state index in [0.29, 0.717) is 0 Å². The fraction of sp³-hybridized carbons (Fsp3) is 0.167. The molecular weight excluding hydrogens is 144 g/mol. The molecule has 0 aromatic heterocycles. The number of hydrogen-bond acceptors (Lipinski definition) is 0. The van der Waals surface area contributed by atoms with Crippen molar-refractivity contribution in [3.63, 3.8) is 0 Å². The minimum absolute atomic E-state index is 1.10. The van der Waals surface area contributed by atoms with E-state index >= 15 is 0 Å². The third-order valence-electron chi connectivity index (χ3n) is 1.49. The Kier molecular flexibility index (Phi) is 4.70. The SMILES string of the molecule is [C]1=CC=CCCC=CC=CC=C1. The molecular formula is C12H13. The highest BCUT2D eigenvalue weighted by Gasteiger charge is 1.74. The van der Waals surface area contributed by atoms with Crippen molar-refractivity contribution in [2.45, 2.75) is 12.8 Å². The molecule has 0 heteroatoms. The van der Waals surface area contributed by atoms with Gasteiger partial charge in [0.2, 0.25) is 0 Å². The van der Waals surface area contributed by atoms with Crippen molar-refractivity contribution < 1.29 is 0 Å². The molecule has 1 aliphatic carbocycles. The maximum absolute atomic E-state index is 3.04. The predicted molar refractivity (Wildman–Crippen MR) is 53.6 cm³/mol. The summed E-state index contributed by atoms with van der Waals surface area (Å²) >= 11 is 0. The van der Waals surface area contributed by atoms with E-state index in [4.69, 9.17) is 0 Å². The number of rotatable bonds is 0. The predicted octanol–water partition coefficient (Wildman–Crippen LogP) is 3.36. The van der Waals surface area contributed by atoms with Gasteiger partial charge in [0.05, 0.1) is 0 Å². The zero-order valence-corrected chi connectivity index (χ0v) is 7.11. The molecule has 1 radical (unpaired) electrons. The van der Waals surface area contributed by atoms with Gasteiger partial charge in [0.25, 0.3) is 0 Å². The van der Waals surface area contributed by atoms with Gasteiger partial charge in [-0.15, -0.1) is 0 Å². The molecule has 0 N–H and O–H groups in total. The van der Waals surface area contributed by atoms with Crippen molar-refractivity contribution in [1.82, 2.24) is 0 Å². The molecule has 0 atom stereocenters. The molecule has 0 fully saturated rings. The second-order valence-electron chi connectivity index (χ2n) is 2.51. The van der Waals surface area contributed by atoms with E-state index in [-0.39, 0.29) is 0 Å². The van der Waals surface area contributed by atoms with Gasteiger partial charge in [-0.2, -0.15) is 0 Å². The highest BCUT2D eigenvalue weighted by Crippen LogP contribution is 1.94. The van der Waals surface area contributed by atoms with Crippen molar-refractivity contribution in [3.05, 3.63) is 60.8 Å². The number of hydrogen-bond donors (Lipinski definition) is 0. The molecule has 0 heterocycles. The van der Waals surface area contributed by atoms with Gasteiger partial charge in [0.15, 0.2) is 0 Å². The summed E-state index contributed by atoms with van der Waals surface area (Å²) < 4.78 is 0. The largest absolute Gasteiger partial charge is 0.0842 e. The Labute approximate surface area is 74.3 Å². The lowest BCUT2D eigenvalue weighted by Gasteiger charge is -1.84. The van der Waals surface area contributed by atoms with Crippen molar-refractivity contribution in [3.8, 4) is 0 Å². The molecule has 0 saturated carbocycles. The van der Waals surface area contributed by atoms with Crippen molar-refractivity contribution in [1.29, 1.82) is 0 Å². The molecule has 1 rings (SSSR count). The first-order valence-electron chi connectivity index (χ1n) is 4.23. The van der Waals surface area contributed by atoms with E-state index in [1.54, 1.807) is 0 Å². The summed E-state index contributed by atoms with van der Waals surface area (Å²) in [5.41, 5.74) is 0. The lowest BCUT2D eigenvalue weighted by Crippen LogP contribution is -1.64. The van der Waals surface area contributed by atoms with Crippen LogP contribution in [0.5, 0.6) is 0 Å².